The molecule has 2 amide bonds. The van der Waals surface area contributed by atoms with Crippen molar-refractivity contribution in [2.75, 3.05) is 28.2 Å². The zero-order valence-corrected chi connectivity index (χ0v) is 40.1. The number of ketones is 7. The number of amides is 2. The fourth-order valence-corrected chi connectivity index (χ4v) is 14.3. The van der Waals surface area contributed by atoms with Gasteiger partial charge in [-0.1, -0.05) is 51.4 Å². The first-order chi connectivity index (χ1) is 32.4. The maximum absolute atomic E-state index is 14.6. The van der Waals surface area contributed by atoms with Crippen LogP contribution >= 0.6 is 0 Å². The summed E-state index contributed by atoms with van der Waals surface area (Å²) >= 11 is 0. The summed E-state index contributed by atoms with van der Waals surface area (Å²) in [5.74, 6) is -6.06. The van der Waals surface area contributed by atoms with Crippen LogP contribution < -0.4 is 11.5 Å². The molecule has 70 heavy (non-hydrogen) atoms. The minimum Gasteiger partial charge on any atom is -0.507 e. The predicted octanol–water partition coefficient (Wildman–Crippen LogP) is -0.417. The fourth-order valence-electron chi connectivity index (χ4n) is 14.3. The molecular weight excluding hydrogens is 905 g/mol. The van der Waals surface area contributed by atoms with Crippen LogP contribution in [0.15, 0.2) is 24.3 Å². The number of fused-ring (bicyclic) bond motifs is 6. The van der Waals surface area contributed by atoms with E-state index in [1.165, 1.54) is 62.0 Å². The first-order valence-electron chi connectivity index (χ1n) is 22.9. The zero-order valence-electron chi connectivity index (χ0n) is 40.1. The number of unbranched alkanes of at least 4 members (excludes halogenated alkanes) is 1. The highest BCUT2D eigenvalue weighted by Gasteiger charge is 2.78. The Morgan fingerprint density at radius 2 is 1.07 bits per heavy atom. The van der Waals surface area contributed by atoms with Gasteiger partial charge in [0.15, 0.2) is 57.6 Å². The average Bonchev–Trinajstić information content (AvgIpc) is 3.22. The normalized spacial score (nSPS) is 37.4. The number of aliphatic hydroxyl groups excluding tert-OH is 1. The van der Waals surface area contributed by atoms with Gasteiger partial charge in [-0.15, -0.1) is 0 Å². The summed E-state index contributed by atoms with van der Waals surface area (Å²) in [6.07, 6.45) is -1.67. The van der Waals surface area contributed by atoms with E-state index in [2.05, 4.69) is 23.7 Å². The van der Waals surface area contributed by atoms with Crippen molar-refractivity contribution >= 4 is 52.3 Å². The second kappa shape index (κ2) is 16.1. The van der Waals surface area contributed by atoms with Crippen molar-refractivity contribution in [3.63, 3.8) is 0 Å². The molecule has 2 aromatic carbocycles. The number of Topliss-reactive ketones (excluding diaryl/α,β-unsaturated/α-hetero) is 7. The second-order valence-electron chi connectivity index (χ2n) is 21.8. The van der Waals surface area contributed by atoms with E-state index >= 15 is 0 Å². The molecule has 0 bridgehead atoms. The van der Waals surface area contributed by atoms with Gasteiger partial charge in [-0.25, -0.2) is 0 Å². The molecule has 368 valence electrons. The van der Waals surface area contributed by atoms with E-state index < -0.39 is 139 Å². The molecule has 2 aromatic rings. The standard InChI is InChI=1S/C52H56N4O14/c1-47-19-25-23(15-17-27(57)29(25)35(59)33(47)43(65)51(69)41(63)31(45(53)67)37(61)39(55(5)6)49(51,3)21-47)13-11-9-10-12-14-24-16-18-28(58)30-26(24)20-48(2)22-50(4)40(56(7)8)38(62)32(46(54)68)42(64)52(50,70)44(66)34(48)36(30)60/h15-18,31-34,37,39-40,57-58,61,69-70H,9-10,19-22H2,1-8H3,(H2,53,67)(H2,54,68)/t31?,32?,33?,34?,37?,39-,40-,47+,48+,49+,50+,51-,52-/m1/s1. The summed E-state index contributed by atoms with van der Waals surface area (Å²) in [6.45, 7) is 6.21. The molecule has 5 unspecified atom stereocenters. The number of hydrogen-bond acceptors (Lipinski definition) is 16. The van der Waals surface area contributed by atoms with Crippen LogP contribution in [0.1, 0.15) is 96.3 Å². The van der Waals surface area contributed by atoms with Gasteiger partial charge in [-0.3, -0.25) is 48.1 Å². The van der Waals surface area contributed by atoms with Crippen molar-refractivity contribution in [2.45, 2.75) is 95.6 Å². The molecule has 13 atom stereocenters. The van der Waals surface area contributed by atoms with Gasteiger partial charge in [-0.05, 0) is 100 Å². The van der Waals surface area contributed by atoms with Crippen LogP contribution in [-0.4, -0.2) is 145 Å². The summed E-state index contributed by atoms with van der Waals surface area (Å²) in [7, 11) is 6.14. The van der Waals surface area contributed by atoms with E-state index in [4.69, 9.17) is 11.5 Å². The average molecular weight is 961 g/mol. The molecular formula is C52H56N4O14. The van der Waals surface area contributed by atoms with Crippen LogP contribution in [0.4, 0.5) is 0 Å². The predicted molar refractivity (Wildman–Crippen MR) is 245 cm³/mol. The number of rotatable bonds is 5. The number of carbonyl (C=O) groups is 9. The molecule has 0 aliphatic heterocycles. The number of aliphatic hydroxyl groups is 3. The first kappa shape index (κ1) is 50.0. The van der Waals surface area contributed by atoms with Gasteiger partial charge in [-0.2, -0.15) is 0 Å². The van der Waals surface area contributed by atoms with Gasteiger partial charge < -0.3 is 41.9 Å². The van der Waals surface area contributed by atoms with Crippen molar-refractivity contribution < 1.29 is 68.7 Å². The Bertz CT molecular complexity index is 2960. The molecule has 0 spiro atoms. The number of benzene rings is 2. The van der Waals surface area contributed by atoms with E-state index in [0.29, 0.717) is 22.3 Å². The molecule has 9 N–H and O–H groups in total. The van der Waals surface area contributed by atoms with Crippen LogP contribution in [0.3, 0.4) is 0 Å². The maximum Gasteiger partial charge on any atom is 0.235 e. The van der Waals surface area contributed by atoms with Crippen LogP contribution in [0.2, 0.25) is 0 Å². The lowest BCUT2D eigenvalue weighted by Gasteiger charge is -2.63. The molecule has 18 heteroatoms. The molecule has 18 nitrogen and oxygen atoms in total. The third-order valence-corrected chi connectivity index (χ3v) is 16.8. The Morgan fingerprint density at radius 3 is 1.47 bits per heavy atom. The van der Waals surface area contributed by atoms with Crippen molar-refractivity contribution in [1.82, 2.24) is 9.80 Å². The van der Waals surface area contributed by atoms with Gasteiger partial charge in [0.25, 0.3) is 0 Å². The minimum atomic E-state index is -2.94. The number of phenolic OH excluding ortho intramolecular Hbond substituents is 2. The number of likely N-dealkylation sites (N-methyl/N-ethyl adjacent to an activating group) is 2. The minimum absolute atomic E-state index is 0.00283. The van der Waals surface area contributed by atoms with E-state index in [1.54, 1.807) is 27.9 Å². The third kappa shape index (κ3) is 6.36. The highest BCUT2D eigenvalue weighted by molar-refractivity contribution is 6.33. The lowest BCUT2D eigenvalue weighted by Crippen LogP contribution is -2.80. The summed E-state index contributed by atoms with van der Waals surface area (Å²) in [6, 6.07) is 3.10. The molecule has 4 fully saturated rings. The first-order valence-corrected chi connectivity index (χ1v) is 22.9. The maximum atomic E-state index is 14.6. The molecule has 6 aliphatic rings. The monoisotopic (exact) mass is 960 g/mol. The molecule has 6 aliphatic carbocycles. The van der Waals surface area contributed by atoms with Crippen molar-refractivity contribution in [1.29, 1.82) is 0 Å². The number of carbonyl (C=O) groups excluding carboxylic acids is 9. The highest BCUT2D eigenvalue weighted by Crippen LogP contribution is 2.64. The lowest BCUT2D eigenvalue weighted by atomic mass is 9.41. The number of hydrogen-bond donors (Lipinski definition) is 7. The molecule has 0 aromatic heterocycles. The Morgan fingerprint density at radius 1 is 0.643 bits per heavy atom. The SMILES string of the molecule is CN(C)[C@@H]1C(=O)C(C(N)=O)C(=O)[C@@]2(O)C(=O)C3C(=O)c4c(O)ccc(C#CCCC#Cc5ccc(O)c6c5C[C@@]5(C)C[C@@]7(C)[C@H](N(C)C)C(O)C(C(N)=O)C(=O)[C@@]7(O)C(=O)C5C6=O)c4C[C@@]3(C)C[C@@]12C. The summed E-state index contributed by atoms with van der Waals surface area (Å²) in [5.41, 5.74) is 0.105. The van der Waals surface area contributed by atoms with Crippen LogP contribution in [0.5, 0.6) is 11.5 Å². The Kier molecular flexibility index (Phi) is 11.5. The van der Waals surface area contributed by atoms with Gasteiger partial charge in [0, 0.05) is 40.8 Å². The number of phenols is 2. The molecule has 4 saturated carbocycles. The molecule has 8 rings (SSSR count). The number of aromatic hydroxyl groups is 2. The number of primary amides is 2. The summed E-state index contributed by atoms with van der Waals surface area (Å²) in [5, 5.41) is 57.9. The van der Waals surface area contributed by atoms with Crippen molar-refractivity contribution in [3.05, 3.63) is 57.6 Å². The van der Waals surface area contributed by atoms with E-state index in [0.717, 1.165) is 0 Å². The quantitative estimate of drug-likeness (QED) is 0.114. The highest BCUT2D eigenvalue weighted by atomic mass is 16.3. The smallest absolute Gasteiger partial charge is 0.235 e. The summed E-state index contributed by atoms with van der Waals surface area (Å²) in [4.78, 5) is 127. The van der Waals surface area contributed by atoms with Gasteiger partial charge in [0.2, 0.25) is 11.8 Å². The number of nitrogens with two attached hydrogens (primary N) is 2. The van der Waals surface area contributed by atoms with Crippen molar-refractivity contribution in [2.24, 2.45) is 56.8 Å². The van der Waals surface area contributed by atoms with Gasteiger partial charge in [0.05, 0.1) is 35.1 Å². The Balaban J connectivity index is 1.08. The van der Waals surface area contributed by atoms with Crippen molar-refractivity contribution in [3.8, 4) is 35.2 Å². The zero-order chi connectivity index (χ0) is 51.9. The number of nitrogens with zero attached hydrogens (tertiary/aromatic N) is 2. The Hall–Kier alpha value is -6.41. The topological polar surface area (TPSA) is 313 Å². The van der Waals surface area contributed by atoms with E-state index in [-0.39, 0.29) is 49.7 Å². The second-order valence-corrected chi connectivity index (χ2v) is 21.8. The Labute approximate surface area is 403 Å². The van der Waals surface area contributed by atoms with Gasteiger partial charge >= 0.3 is 0 Å². The van der Waals surface area contributed by atoms with E-state index in [9.17, 15) is 68.7 Å². The largest absolute Gasteiger partial charge is 0.507 e. The van der Waals surface area contributed by atoms with E-state index in [1.807, 2.05) is 0 Å². The van der Waals surface area contributed by atoms with Gasteiger partial charge in [0.1, 0.15) is 17.4 Å². The fraction of sp³-hybridized carbons (Fsp3) is 0.519. The molecule has 0 saturated heterocycles. The van der Waals surface area contributed by atoms with Crippen LogP contribution in [0, 0.1) is 69.0 Å². The summed E-state index contributed by atoms with van der Waals surface area (Å²) < 4.78 is 0. The molecule has 0 radical (unpaired) electrons. The van der Waals surface area contributed by atoms with Crippen LogP contribution in [0.25, 0.3) is 0 Å². The molecule has 0 heterocycles. The van der Waals surface area contributed by atoms with Crippen LogP contribution in [-0.2, 0) is 46.4 Å². The third-order valence-electron chi connectivity index (χ3n) is 16.8. The lowest BCUT2D eigenvalue weighted by molar-refractivity contribution is -0.218.